The van der Waals surface area contributed by atoms with Crippen molar-refractivity contribution in [2.75, 3.05) is 5.32 Å². The Kier molecular flexibility index (Phi) is 5.06. The molecule has 1 aromatic rings. The molecular weight excluding hydrogens is 310 g/mol. The van der Waals surface area contributed by atoms with E-state index in [4.69, 9.17) is 4.74 Å². The molecule has 0 spiro atoms. The van der Waals surface area contributed by atoms with Gasteiger partial charge in [-0.25, -0.2) is 4.79 Å². The number of rotatable bonds is 3. The average Bonchev–Trinajstić information content (AvgIpc) is 2.45. The van der Waals surface area contributed by atoms with Crippen molar-refractivity contribution in [3.05, 3.63) is 23.8 Å². The monoisotopic (exact) mass is 335 g/mol. The lowest BCUT2D eigenvalue weighted by Gasteiger charge is -2.34. The number of nitrogens with one attached hydrogen (secondary N) is 1. The largest absolute Gasteiger partial charge is 0.508 e. The van der Waals surface area contributed by atoms with Crippen LogP contribution in [0.15, 0.2) is 18.2 Å². The third-order valence-electron chi connectivity index (χ3n) is 4.28. The molecule has 0 unspecified atom stereocenters. The number of benzene rings is 1. The molecular formula is C18H25NO5. The van der Waals surface area contributed by atoms with Crippen LogP contribution in [0.4, 0.5) is 10.5 Å². The Balaban J connectivity index is 2.23. The lowest BCUT2D eigenvalue weighted by molar-refractivity contribution is -0.145. The van der Waals surface area contributed by atoms with Gasteiger partial charge in [0.05, 0.1) is 5.41 Å². The molecule has 0 bridgehead atoms. The first-order valence-electron chi connectivity index (χ1n) is 8.21. The maximum absolute atomic E-state index is 11.8. The molecule has 3 N–H and O–H groups in total. The zero-order chi connectivity index (χ0) is 18.0. The summed E-state index contributed by atoms with van der Waals surface area (Å²) in [7, 11) is 0. The number of anilines is 1. The van der Waals surface area contributed by atoms with E-state index in [-0.39, 0.29) is 5.75 Å². The Labute approximate surface area is 141 Å². The van der Waals surface area contributed by atoms with Crippen LogP contribution in [0, 0.1) is 0 Å². The highest BCUT2D eigenvalue weighted by atomic mass is 16.6. The minimum absolute atomic E-state index is 0.118. The number of phenols is 1. The number of phenolic OH excluding ortho intramolecular Hbond substituents is 1. The minimum Gasteiger partial charge on any atom is -0.508 e. The highest BCUT2D eigenvalue weighted by Crippen LogP contribution is 2.44. The fraction of sp³-hybridized carbons (Fsp3) is 0.556. The van der Waals surface area contributed by atoms with Crippen LogP contribution in [-0.2, 0) is 14.9 Å². The molecule has 24 heavy (non-hydrogen) atoms. The Morgan fingerprint density at radius 3 is 2.29 bits per heavy atom. The van der Waals surface area contributed by atoms with Gasteiger partial charge in [0.25, 0.3) is 0 Å². The normalized spacial score (nSPS) is 17.1. The predicted octanol–water partition coefficient (Wildman–Crippen LogP) is 4.03. The molecule has 132 valence electrons. The number of aliphatic carboxylic acids is 1. The molecule has 1 aliphatic carbocycles. The summed E-state index contributed by atoms with van der Waals surface area (Å²) in [4.78, 5) is 23.6. The molecule has 0 aliphatic heterocycles. The number of ether oxygens (including phenoxy) is 1. The Morgan fingerprint density at radius 2 is 1.79 bits per heavy atom. The minimum atomic E-state index is -1.05. The van der Waals surface area contributed by atoms with Crippen molar-refractivity contribution in [1.82, 2.24) is 0 Å². The van der Waals surface area contributed by atoms with Crippen molar-refractivity contribution >= 4 is 17.7 Å². The van der Waals surface area contributed by atoms with E-state index in [1.54, 1.807) is 32.9 Å². The summed E-state index contributed by atoms with van der Waals surface area (Å²) in [6, 6.07) is 4.55. The Bertz CT molecular complexity index is 627. The second kappa shape index (κ2) is 6.71. The summed E-state index contributed by atoms with van der Waals surface area (Å²) in [5.74, 6) is -1.03. The molecule has 1 aromatic carbocycles. The summed E-state index contributed by atoms with van der Waals surface area (Å²) in [5, 5.41) is 22.6. The molecule has 6 nitrogen and oxygen atoms in total. The van der Waals surface area contributed by atoms with Gasteiger partial charge in [0.2, 0.25) is 0 Å². The summed E-state index contributed by atoms with van der Waals surface area (Å²) in [6.45, 7) is 5.27. The highest BCUT2D eigenvalue weighted by Gasteiger charge is 2.43. The van der Waals surface area contributed by atoms with Gasteiger partial charge in [-0.05, 0) is 39.7 Å². The number of amides is 1. The van der Waals surface area contributed by atoms with Crippen molar-refractivity contribution in [3.63, 3.8) is 0 Å². The molecule has 0 aromatic heterocycles. The van der Waals surface area contributed by atoms with Crippen LogP contribution in [0.2, 0.25) is 0 Å². The third kappa shape index (κ3) is 3.99. The predicted molar refractivity (Wildman–Crippen MR) is 90.4 cm³/mol. The molecule has 1 saturated carbocycles. The average molecular weight is 335 g/mol. The maximum Gasteiger partial charge on any atom is 0.412 e. The number of carboxylic acids is 1. The van der Waals surface area contributed by atoms with Gasteiger partial charge in [-0.2, -0.15) is 0 Å². The zero-order valence-corrected chi connectivity index (χ0v) is 14.4. The van der Waals surface area contributed by atoms with Gasteiger partial charge in [-0.1, -0.05) is 25.3 Å². The number of carbonyl (C=O) groups is 2. The maximum atomic E-state index is 11.8. The van der Waals surface area contributed by atoms with E-state index in [1.807, 2.05) is 0 Å². The lowest BCUT2D eigenvalue weighted by atomic mass is 9.69. The Hall–Kier alpha value is -2.24. The van der Waals surface area contributed by atoms with Gasteiger partial charge in [0.1, 0.15) is 11.4 Å². The third-order valence-corrected chi connectivity index (χ3v) is 4.28. The van der Waals surface area contributed by atoms with Gasteiger partial charge in [-0.15, -0.1) is 0 Å². The first kappa shape index (κ1) is 18.1. The Morgan fingerprint density at radius 1 is 1.17 bits per heavy atom. The molecule has 0 heterocycles. The summed E-state index contributed by atoms with van der Waals surface area (Å²) >= 11 is 0. The van der Waals surface area contributed by atoms with E-state index < -0.39 is 23.1 Å². The quantitative estimate of drug-likeness (QED) is 0.775. The van der Waals surface area contributed by atoms with Gasteiger partial charge in [0.15, 0.2) is 0 Å². The SMILES string of the molecule is CC(C)(C)OC(=O)Nc1ccc(C2(C(=O)O)CCCCC2)c(O)c1. The van der Waals surface area contributed by atoms with Crippen LogP contribution in [-0.4, -0.2) is 27.9 Å². The first-order valence-corrected chi connectivity index (χ1v) is 8.21. The van der Waals surface area contributed by atoms with Crippen LogP contribution in [0.1, 0.15) is 58.4 Å². The van der Waals surface area contributed by atoms with Gasteiger partial charge in [0, 0.05) is 17.3 Å². The fourth-order valence-electron chi connectivity index (χ4n) is 3.19. The summed E-state index contributed by atoms with van der Waals surface area (Å²) in [6.07, 6.45) is 3.05. The molecule has 0 atom stereocenters. The number of hydrogen-bond acceptors (Lipinski definition) is 4. The molecule has 6 heteroatoms. The second-order valence-electron chi connectivity index (χ2n) is 7.31. The number of aromatic hydroxyl groups is 1. The van der Waals surface area contributed by atoms with Gasteiger partial charge >= 0.3 is 12.1 Å². The lowest BCUT2D eigenvalue weighted by Crippen LogP contribution is -2.37. The van der Waals surface area contributed by atoms with Crippen molar-refractivity contribution in [2.45, 2.75) is 63.9 Å². The van der Waals surface area contributed by atoms with Gasteiger partial charge in [-0.3, -0.25) is 10.1 Å². The van der Waals surface area contributed by atoms with Crippen LogP contribution in [0.5, 0.6) is 5.75 Å². The van der Waals surface area contributed by atoms with Gasteiger partial charge < -0.3 is 14.9 Å². The number of hydrogen-bond donors (Lipinski definition) is 3. The molecule has 1 amide bonds. The molecule has 2 rings (SSSR count). The van der Waals surface area contributed by atoms with E-state index in [9.17, 15) is 19.8 Å². The summed E-state index contributed by atoms with van der Waals surface area (Å²) in [5.41, 5.74) is -0.903. The van der Waals surface area contributed by atoms with Crippen LogP contribution >= 0.6 is 0 Å². The topological polar surface area (TPSA) is 95.9 Å². The molecule has 0 saturated heterocycles. The second-order valence-corrected chi connectivity index (χ2v) is 7.31. The molecule has 1 aliphatic rings. The van der Waals surface area contributed by atoms with Crippen molar-refractivity contribution in [3.8, 4) is 5.75 Å². The van der Waals surface area contributed by atoms with Crippen LogP contribution in [0.3, 0.4) is 0 Å². The smallest absolute Gasteiger partial charge is 0.412 e. The van der Waals surface area contributed by atoms with E-state index in [2.05, 4.69) is 5.32 Å². The molecule has 1 fully saturated rings. The van der Waals surface area contributed by atoms with E-state index in [1.165, 1.54) is 6.07 Å². The fourth-order valence-corrected chi connectivity index (χ4v) is 3.19. The first-order chi connectivity index (χ1) is 11.1. The van der Waals surface area contributed by atoms with Crippen LogP contribution in [0.25, 0.3) is 0 Å². The summed E-state index contributed by atoms with van der Waals surface area (Å²) < 4.78 is 5.16. The molecule has 0 radical (unpaired) electrons. The number of carbonyl (C=O) groups excluding carboxylic acids is 1. The highest BCUT2D eigenvalue weighted by molar-refractivity contribution is 5.86. The number of carboxylic acid groups (broad SMARTS) is 1. The van der Waals surface area contributed by atoms with Crippen molar-refractivity contribution in [1.29, 1.82) is 0 Å². The van der Waals surface area contributed by atoms with Crippen molar-refractivity contribution in [2.24, 2.45) is 0 Å². The van der Waals surface area contributed by atoms with E-state index >= 15 is 0 Å². The van der Waals surface area contributed by atoms with Crippen molar-refractivity contribution < 1.29 is 24.5 Å². The van der Waals surface area contributed by atoms with E-state index in [0.717, 1.165) is 19.3 Å². The standard InChI is InChI=1S/C18H25NO5/c1-17(2,3)24-16(23)19-12-7-8-13(14(20)11-12)18(15(21)22)9-5-4-6-10-18/h7-8,11,20H,4-6,9-10H2,1-3H3,(H,19,23)(H,21,22). The van der Waals surface area contributed by atoms with Crippen LogP contribution < -0.4 is 5.32 Å². The zero-order valence-electron chi connectivity index (χ0n) is 14.4. The van der Waals surface area contributed by atoms with E-state index in [0.29, 0.717) is 24.1 Å².